The number of methoxy groups -OCH3 is 1. The lowest BCUT2D eigenvalue weighted by Crippen LogP contribution is -2.11. The van der Waals surface area contributed by atoms with Crippen LogP contribution in [0.2, 0.25) is 0 Å². The molecule has 0 atom stereocenters. The highest BCUT2D eigenvalue weighted by Crippen LogP contribution is 2.29. The van der Waals surface area contributed by atoms with Crippen LogP contribution in [0.1, 0.15) is 11.3 Å². The van der Waals surface area contributed by atoms with Crippen LogP contribution in [-0.4, -0.2) is 49.9 Å². The van der Waals surface area contributed by atoms with E-state index in [0.29, 0.717) is 50.2 Å². The standard InChI is InChI=1S/C18H22N2O5/c1-22-9-10-23-11-12-24-17-7-8-19-16(13-20-21)18(17)25-14-15-5-3-2-4-6-15/h2-8,13,21H,9-12,14H2,1H3/b20-13+. The molecule has 1 N–H and O–H groups in total. The molecule has 25 heavy (non-hydrogen) atoms. The summed E-state index contributed by atoms with van der Waals surface area (Å²) in [4.78, 5) is 4.15. The van der Waals surface area contributed by atoms with Crippen LogP contribution in [0.3, 0.4) is 0 Å². The number of hydrogen-bond donors (Lipinski definition) is 1. The maximum atomic E-state index is 8.82. The largest absolute Gasteiger partial charge is 0.487 e. The van der Waals surface area contributed by atoms with Gasteiger partial charge in [0.25, 0.3) is 0 Å². The first-order valence-corrected chi connectivity index (χ1v) is 7.87. The van der Waals surface area contributed by atoms with Gasteiger partial charge in [-0.1, -0.05) is 35.5 Å². The number of oxime groups is 1. The van der Waals surface area contributed by atoms with Gasteiger partial charge in [0.15, 0.2) is 11.5 Å². The van der Waals surface area contributed by atoms with E-state index in [9.17, 15) is 0 Å². The highest BCUT2D eigenvalue weighted by molar-refractivity contribution is 5.81. The second-order valence-corrected chi connectivity index (χ2v) is 5.00. The smallest absolute Gasteiger partial charge is 0.189 e. The molecule has 2 rings (SSSR count). The predicted molar refractivity (Wildman–Crippen MR) is 92.6 cm³/mol. The van der Waals surface area contributed by atoms with Crippen molar-refractivity contribution in [1.82, 2.24) is 4.98 Å². The normalized spacial score (nSPS) is 10.9. The summed E-state index contributed by atoms with van der Waals surface area (Å²) >= 11 is 0. The third-order valence-electron chi connectivity index (χ3n) is 3.22. The number of aromatic nitrogens is 1. The molecule has 1 aromatic carbocycles. The Kier molecular flexibility index (Phi) is 8.23. The van der Waals surface area contributed by atoms with Gasteiger partial charge in [0, 0.05) is 19.4 Å². The zero-order chi connectivity index (χ0) is 17.7. The van der Waals surface area contributed by atoms with Crippen LogP contribution in [-0.2, 0) is 16.1 Å². The van der Waals surface area contributed by atoms with Crippen molar-refractivity contribution in [1.29, 1.82) is 0 Å². The van der Waals surface area contributed by atoms with Crippen LogP contribution in [0.15, 0.2) is 47.8 Å². The average Bonchev–Trinajstić information content (AvgIpc) is 2.65. The summed E-state index contributed by atoms with van der Waals surface area (Å²) < 4.78 is 21.9. The summed E-state index contributed by atoms with van der Waals surface area (Å²) in [6, 6.07) is 11.4. The SMILES string of the molecule is COCCOCCOc1ccnc(/C=N/O)c1OCc1ccccc1. The topological polar surface area (TPSA) is 82.4 Å². The lowest BCUT2D eigenvalue weighted by atomic mass is 10.2. The maximum absolute atomic E-state index is 8.82. The molecule has 0 bridgehead atoms. The van der Waals surface area contributed by atoms with E-state index in [1.54, 1.807) is 19.4 Å². The van der Waals surface area contributed by atoms with Gasteiger partial charge in [-0.15, -0.1) is 0 Å². The molecule has 0 aliphatic carbocycles. The van der Waals surface area contributed by atoms with Crippen LogP contribution < -0.4 is 9.47 Å². The van der Waals surface area contributed by atoms with E-state index in [1.807, 2.05) is 30.3 Å². The molecule has 0 amide bonds. The van der Waals surface area contributed by atoms with Crippen molar-refractivity contribution in [3.63, 3.8) is 0 Å². The number of rotatable bonds is 11. The van der Waals surface area contributed by atoms with Crippen LogP contribution in [0.25, 0.3) is 0 Å². The van der Waals surface area contributed by atoms with Gasteiger partial charge < -0.3 is 24.2 Å². The van der Waals surface area contributed by atoms with Gasteiger partial charge >= 0.3 is 0 Å². The van der Waals surface area contributed by atoms with E-state index in [1.165, 1.54) is 6.21 Å². The van der Waals surface area contributed by atoms with E-state index in [4.69, 9.17) is 24.2 Å². The van der Waals surface area contributed by atoms with Gasteiger partial charge in [-0.2, -0.15) is 0 Å². The number of hydrogen-bond acceptors (Lipinski definition) is 7. The molecule has 0 spiro atoms. The Balaban J connectivity index is 2.00. The molecular weight excluding hydrogens is 324 g/mol. The van der Waals surface area contributed by atoms with Crippen molar-refractivity contribution in [3.05, 3.63) is 53.9 Å². The number of pyridine rings is 1. The summed E-state index contributed by atoms with van der Waals surface area (Å²) in [5, 5.41) is 11.8. The minimum atomic E-state index is 0.347. The Labute approximate surface area is 146 Å². The summed E-state index contributed by atoms with van der Waals surface area (Å²) in [7, 11) is 1.62. The van der Waals surface area contributed by atoms with Gasteiger partial charge in [-0.3, -0.25) is 4.98 Å². The lowest BCUT2D eigenvalue weighted by Gasteiger charge is -2.14. The molecule has 1 aromatic heterocycles. The minimum Gasteiger partial charge on any atom is -0.487 e. The van der Waals surface area contributed by atoms with E-state index in [0.717, 1.165) is 5.56 Å². The van der Waals surface area contributed by atoms with Crippen LogP contribution in [0.4, 0.5) is 0 Å². The number of benzene rings is 1. The second-order valence-electron chi connectivity index (χ2n) is 5.00. The van der Waals surface area contributed by atoms with Gasteiger partial charge in [-0.05, 0) is 5.56 Å². The third-order valence-corrected chi connectivity index (χ3v) is 3.22. The van der Waals surface area contributed by atoms with E-state index in [2.05, 4.69) is 10.1 Å². The summed E-state index contributed by atoms with van der Waals surface area (Å²) in [6.45, 7) is 2.17. The fourth-order valence-corrected chi connectivity index (χ4v) is 2.04. The monoisotopic (exact) mass is 346 g/mol. The Morgan fingerprint density at radius 1 is 1.04 bits per heavy atom. The molecule has 0 saturated carbocycles. The fourth-order valence-electron chi connectivity index (χ4n) is 2.04. The molecule has 7 heteroatoms. The van der Waals surface area contributed by atoms with Crippen molar-refractivity contribution in [2.45, 2.75) is 6.61 Å². The van der Waals surface area contributed by atoms with Crippen molar-refractivity contribution in [2.24, 2.45) is 5.16 Å². The third kappa shape index (κ3) is 6.40. The molecule has 0 unspecified atom stereocenters. The Hall–Kier alpha value is -2.64. The Bertz CT molecular complexity index is 649. The second kappa shape index (κ2) is 11.0. The maximum Gasteiger partial charge on any atom is 0.189 e. The van der Waals surface area contributed by atoms with Crippen LogP contribution >= 0.6 is 0 Å². The van der Waals surface area contributed by atoms with E-state index >= 15 is 0 Å². The summed E-state index contributed by atoms with van der Waals surface area (Å²) in [5.74, 6) is 0.928. The van der Waals surface area contributed by atoms with Crippen LogP contribution in [0, 0.1) is 0 Å². The Morgan fingerprint density at radius 2 is 1.84 bits per heavy atom. The highest BCUT2D eigenvalue weighted by Gasteiger charge is 2.12. The fraction of sp³-hybridized carbons (Fsp3) is 0.333. The van der Waals surface area contributed by atoms with Gasteiger partial charge in [-0.25, -0.2) is 0 Å². The quantitative estimate of drug-likeness (QED) is 0.291. The van der Waals surface area contributed by atoms with Gasteiger partial charge in [0.1, 0.15) is 18.9 Å². The Morgan fingerprint density at radius 3 is 2.60 bits per heavy atom. The summed E-state index contributed by atoms with van der Waals surface area (Å²) in [5.41, 5.74) is 1.39. The first-order valence-electron chi connectivity index (χ1n) is 7.87. The van der Waals surface area contributed by atoms with Crippen LogP contribution in [0.5, 0.6) is 11.5 Å². The molecule has 0 fully saturated rings. The first kappa shape index (κ1) is 18.7. The van der Waals surface area contributed by atoms with Crippen molar-refractivity contribution >= 4 is 6.21 Å². The molecule has 7 nitrogen and oxygen atoms in total. The van der Waals surface area contributed by atoms with E-state index in [-0.39, 0.29) is 0 Å². The zero-order valence-corrected chi connectivity index (χ0v) is 14.1. The predicted octanol–water partition coefficient (Wildman–Crippen LogP) is 2.51. The zero-order valence-electron chi connectivity index (χ0n) is 14.1. The van der Waals surface area contributed by atoms with Crippen molar-refractivity contribution < 1.29 is 24.2 Å². The molecule has 0 radical (unpaired) electrons. The molecule has 0 aliphatic heterocycles. The first-order chi connectivity index (χ1) is 12.3. The molecule has 0 aliphatic rings. The summed E-state index contributed by atoms with van der Waals surface area (Å²) in [6.07, 6.45) is 2.77. The molecular formula is C18H22N2O5. The number of nitrogens with zero attached hydrogens (tertiary/aromatic N) is 2. The van der Waals surface area contributed by atoms with Crippen molar-refractivity contribution in [2.75, 3.05) is 33.5 Å². The average molecular weight is 346 g/mol. The molecule has 134 valence electrons. The molecule has 1 heterocycles. The lowest BCUT2D eigenvalue weighted by molar-refractivity contribution is 0.0538. The minimum absolute atomic E-state index is 0.347. The molecule has 0 saturated heterocycles. The van der Waals surface area contributed by atoms with Gasteiger partial charge in [0.05, 0.1) is 26.0 Å². The van der Waals surface area contributed by atoms with E-state index < -0.39 is 0 Å². The van der Waals surface area contributed by atoms with Crippen molar-refractivity contribution in [3.8, 4) is 11.5 Å². The number of ether oxygens (including phenoxy) is 4. The highest BCUT2D eigenvalue weighted by atomic mass is 16.6. The van der Waals surface area contributed by atoms with Gasteiger partial charge in [0.2, 0.25) is 0 Å². The molecule has 2 aromatic rings.